The fraction of sp³-hybridized carbons (Fsp3) is 0.905. The van der Waals surface area contributed by atoms with Crippen molar-refractivity contribution in [3.63, 3.8) is 0 Å². The first-order chi connectivity index (χ1) is 13.5. The number of unbranched alkanes of at least 4 members (excludes halogenated alkanes) is 11. The van der Waals surface area contributed by atoms with Gasteiger partial charge in [-0.15, -0.1) is 0 Å². The van der Waals surface area contributed by atoms with Crippen LogP contribution in [0.1, 0.15) is 96.8 Å². The molecule has 0 radical (unpaired) electrons. The van der Waals surface area contributed by atoms with E-state index in [2.05, 4.69) is 30.9 Å². The summed E-state index contributed by atoms with van der Waals surface area (Å²) in [5, 5.41) is 0. The molecule has 1 fully saturated rings. The number of ether oxygens (including phenoxy) is 2. The van der Waals surface area contributed by atoms with E-state index in [1.807, 2.05) is 0 Å². The van der Waals surface area contributed by atoms with E-state index >= 15 is 0 Å². The molecule has 8 heteroatoms. The molecule has 0 saturated carbocycles. The Morgan fingerprint density at radius 1 is 0.931 bits per heavy atom. The molecule has 1 rings (SSSR count). The van der Waals surface area contributed by atoms with Crippen LogP contribution in [0.15, 0.2) is 12.2 Å². The molecule has 166 valence electrons. The van der Waals surface area contributed by atoms with E-state index in [-0.39, 0.29) is 70.4 Å². The van der Waals surface area contributed by atoms with E-state index in [4.69, 9.17) is 23.8 Å². The average Bonchev–Trinajstić information content (AvgIpc) is 3.10. The van der Waals surface area contributed by atoms with Gasteiger partial charge in [0.2, 0.25) is 0 Å². The maximum atomic E-state index is 9.06. The summed E-state index contributed by atoms with van der Waals surface area (Å²) in [4.78, 5) is 18.1. The Balaban J connectivity index is 0.00000784. The van der Waals surface area contributed by atoms with Gasteiger partial charge in [-0.1, -0.05) is 70.4 Å². The molecule has 0 aromatic carbocycles. The molecular weight excluding hydrogens is 434 g/mol. The van der Waals surface area contributed by atoms with Crippen LogP contribution in [-0.2, 0) is 25.8 Å². The molecule has 0 spiro atoms. The summed E-state index contributed by atoms with van der Waals surface area (Å²) in [6.45, 7) is -0.838. The summed E-state index contributed by atoms with van der Waals surface area (Å²) in [6, 6.07) is 0. The molecule has 0 unspecified atom stereocenters. The number of hydrogen-bond acceptors (Lipinski definition) is 4. The molecule has 5 nitrogen and oxygen atoms in total. The van der Waals surface area contributed by atoms with Crippen LogP contribution in [0.25, 0.3) is 0 Å². The minimum absolute atomic E-state index is 0. The van der Waals surface area contributed by atoms with Gasteiger partial charge in [0, 0.05) is 0 Å². The first kappa shape index (κ1) is 30.8. The van der Waals surface area contributed by atoms with Crippen LogP contribution in [0.5, 0.6) is 0 Å². The number of allylic oxidation sites excluding steroid dienone is 2. The van der Waals surface area contributed by atoms with E-state index in [1.54, 1.807) is 0 Å². The van der Waals surface area contributed by atoms with Crippen molar-refractivity contribution in [1.29, 1.82) is 0 Å². The largest absolute Gasteiger partial charge is 1.00 e. The third-order valence-corrected chi connectivity index (χ3v) is 5.74. The van der Waals surface area contributed by atoms with Crippen LogP contribution in [0, 0.1) is 0 Å². The van der Waals surface area contributed by atoms with Crippen molar-refractivity contribution < 1.29 is 75.2 Å². The van der Waals surface area contributed by atoms with Crippen LogP contribution in [0.4, 0.5) is 0 Å². The standard InChI is InChI=1S/C21H41O5PS.K/c1-2-3-4-5-6-7-8-9-10-11-12-13-14-15-16-17-21-24-18-20(26-21)19-25-27(22,23)28;/h8-9,20-21H,2-7,10-19H2,1H3,(H2,22,23,28);/q;+1/b9-8+;/t20-,21-;/m0./s1. The molecule has 1 aliphatic heterocycles. The second kappa shape index (κ2) is 20.4. The SMILES string of the molecule is CCCCCCC/C=C/CCCCCCCC[C@H]1OC[C@@H](COP(O)(O)=S)O1.[K+]. The normalized spacial score (nSPS) is 19.7. The quantitative estimate of drug-likeness (QED) is 0.138. The Hall–Kier alpha value is 1.83. The summed E-state index contributed by atoms with van der Waals surface area (Å²) in [5.41, 5.74) is 0. The molecule has 2 atom stereocenters. The Labute approximate surface area is 226 Å². The molecule has 0 bridgehead atoms. The van der Waals surface area contributed by atoms with E-state index in [0.717, 1.165) is 12.8 Å². The number of hydrogen-bond donors (Lipinski definition) is 2. The van der Waals surface area contributed by atoms with Gasteiger partial charge in [-0.05, 0) is 50.3 Å². The van der Waals surface area contributed by atoms with Gasteiger partial charge in [0.05, 0.1) is 13.2 Å². The zero-order valence-electron chi connectivity index (χ0n) is 18.6. The van der Waals surface area contributed by atoms with Crippen LogP contribution < -0.4 is 51.4 Å². The fourth-order valence-electron chi connectivity index (χ4n) is 3.31. The molecular formula is C21H41KO5PS+. The molecule has 29 heavy (non-hydrogen) atoms. The predicted octanol–water partition coefficient (Wildman–Crippen LogP) is 3.00. The van der Waals surface area contributed by atoms with Crippen molar-refractivity contribution in [2.45, 2.75) is 109 Å². The van der Waals surface area contributed by atoms with Crippen molar-refractivity contribution in [3.8, 4) is 0 Å². The molecule has 1 heterocycles. The second-order valence-electron chi connectivity index (χ2n) is 7.68. The van der Waals surface area contributed by atoms with Gasteiger partial charge >= 0.3 is 58.1 Å². The van der Waals surface area contributed by atoms with Gasteiger partial charge in [0.1, 0.15) is 6.10 Å². The van der Waals surface area contributed by atoms with E-state index in [0.29, 0.717) is 6.61 Å². The smallest absolute Gasteiger partial charge is 0.350 e. The topological polar surface area (TPSA) is 68.2 Å². The van der Waals surface area contributed by atoms with Gasteiger partial charge in [-0.2, -0.15) is 0 Å². The zero-order chi connectivity index (χ0) is 20.5. The predicted molar refractivity (Wildman–Crippen MR) is 119 cm³/mol. The molecule has 0 aromatic heterocycles. The van der Waals surface area contributed by atoms with Crippen molar-refractivity contribution in [3.05, 3.63) is 12.2 Å². The first-order valence-corrected chi connectivity index (χ1v) is 13.8. The van der Waals surface area contributed by atoms with Crippen LogP contribution in [0.3, 0.4) is 0 Å². The molecule has 0 aromatic rings. The van der Waals surface area contributed by atoms with Crippen molar-refractivity contribution in [2.75, 3.05) is 13.2 Å². The Morgan fingerprint density at radius 3 is 2.07 bits per heavy atom. The van der Waals surface area contributed by atoms with E-state index in [1.165, 1.54) is 77.0 Å². The number of rotatable bonds is 18. The summed E-state index contributed by atoms with van der Waals surface area (Å²) < 4.78 is 16.0. The van der Waals surface area contributed by atoms with Crippen molar-refractivity contribution in [2.24, 2.45) is 0 Å². The third-order valence-electron chi connectivity index (χ3n) is 4.94. The molecule has 1 saturated heterocycles. The van der Waals surface area contributed by atoms with Crippen molar-refractivity contribution >= 4 is 18.5 Å². The van der Waals surface area contributed by atoms with Crippen LogP contribution in [-0.4, -0.2) is 35.4 Å². The zero-order valence-corrected chi connectivity index (χ0v) is 23.4. The molecule has 1 aliphatic rings. The Kier molecular flexibility index (Phi) is 21.7. The van der Waals surface area contributed by atoms with Gasteiger partial charge in [0.25, 0.3) is 0 Å². The van der Waals surface area contributed by atoms with Crippen LogP contribution >= 0.6 is 6.72 Å². The van der Waals surface area contributed by atoms with Crippen molar-refractivity contribution in [1.82, 2.24) is 0 Å². The monoisotopic (exact) mass is 475 g/mol. The minimum atomic E-state index is -3.60. The molecule has 0 aliphatic carbocycles. The average molecular weight is 476 g/mol. The summed E-state index contributed by atoms with van der Waals surface area (Å²) in [5.74, 6) is 0. The van der Waals surface area contributed by atoms with E-state index in [9.17, 15) is 0 Å². The fourth-order valence-corrected chi connectivity index (χ4v) is 3.85. The Bertz CT molecular complexity index is 447. The maximum absolute atomic E-state index is 9.06. The van der Waals surface area contributed by atoms with Crippen LogP contribution in [0.2, 0.25) is 0 Å². The van der Waals surface area contributed by atoms with E-state index < -0.39 is 6.72 Å². The molecule has 2 N–H and O–H groups in total. The summed E-state index contributed by atoms with van der Waals surface area (Å²) in [7, 11) is 0. The first-order valence-electron chi connectivity index (χ1n) is 11.1. The van der Waals surface area contributed by atoms with Gasteiger partial charge < -0.3 is 23.8 Å². The molecule has 0 amide bonds. The third kappa shape index (κ3) is 20.2. The summed E-state index contributed by atoms with van der Waals surface area (Å²) in [6.07, 6.45) is 21.9. The summed E-state index contributed by atoms with van der Waals surface area (Å²) >= 11 is 4.42. The van der Waals surface area contributed by atoms with Gasteiger partial charge in [-0.25, -0.2) is 0 Å². The minimum Gasteiger partial charge on any atom is -0.350 e. The maximum Gasteiger partial charge on any atom is 1.00 e. The van der Waals surface area contributed by atoms with Gasteiger partial charge in [0.15, 0.2) is 6.29 Å². The van der Waals surface area contributed by atoms with Gasteiger partial charge in [-0.3, -0.25) is 0 Å². The Morgan fingerprint density at radius 2 is 1.48 bits per heavy atom. The second-order valence-corrected chi connectivity index (χ2v) is 10.3.